The summed E-state index contributed by atoms with van der Waals surface area (Å²) < 4.78 is 0.914. The number of rotatable bonds is 1. The van der Waals surface area contributed by atoms with Crippen molar-refractivity contribution in [3.05, 3.63) is 75.3 Å². The van der Waals surface area contributed by atoms with Gasteiger partial charge in [0.05, 0.1) is 5.57 Å². The van der Waals surface area contributed by atoms with Gasteiger partial charge in [-0.15, -0.1) is 0 Å². The monoisotopic (exact) mass is 312 g/mol. The molecule has 0 spiro atoms. The molecule has 0 atom stereocenters. The van der Waals surface area contributed by atoms with Gasteiger partial charge < -0.3 is 0 Å². The zero-order chi connectivity index (χ0) is 13.4. The van der Waals surface area contributed by atoms with E-state index in [4.69, 9.17) is 0 Å². The molecule has 2 aromatic rings. The smallest absolute Gasteiger partial charge is 0.197 e. The molecule has 0 N–H and O–H groups in total. The van der Waals surface area contributed by atoms with Gasteiger partial charge in [-0.25, -0.2) is 0 Å². The first kappa shape index (κ1) is 12.1. The fraction of sp³-hybridized carbons (Fsp3) is 0. The first-order valence-electron chi connectivity index (χ1n) is 5.82. The van der Waals surface area contributed by atoms with Gasteiger partial charge in [0.1, 0.15) is 0 Å². The lowest BCUT2D eigenvalue weighted by Crippen LogP contribution is -2.00. The Balaban J connectivity index is 2.09. The van der Waals surface area contributed by atoms with Crippen LogP contribution < -0.4 is 0 Å². The minimum Gasteiger partial charge on any atom is -0.288 e. The van der Waals surface area contributed by atoms with Crippen molar-refractivity contribution in [1.82, 2.24) is 0 Å². The van der Waals surface area contributed by atoms with Crippen molar-refractivity contribution >= 4 is 33.6 Å². The number of fused-ring (bicyclic) bond motifs is 1. The average Bonchev–Trinajstić information content (AvgIpc) is 2.65. The van der Waals surface area contributed by atoms with Crippen LogP contribution >= 0.6 is 15.9 Å². The third-order valence-electron chi connectivity index (χ3n) is 3.07. The Bertz CT molecular complexity index is 692. The first-order valence-corrected chi connectivity index (χ1v) is 6.62. The van der Waals surface area contributed by atoms with Crippen molar-refractivity contribution in [1.29, 1.82) is 0 Å². The van der Waals surface area contributed by atoms with Gasteiger partial charge >= 0.3 is 0 Å². The van der Waals surface area contributed by atoms with E-state index in [0.29, 0.717) is 11.1 Å². The summed E-state index contributed by atoms with van der Waals surface area (Å²) in [5.74, 6) is -0.388. The van der Waals surface area contributed by atoms with E-state index in [1.807, 2.05) is 24.3 Å². The summed E-state index contributed by atoms with van der Waals surface area (Å²) in [5, 5.41) is 0. The minimum atomic E-state index is -0.194. The number of allylic oxidation sites excluding steroid dienone is 1. The molecular weight excluding hydrogens is 304 g/mol. The van der Waals surface area contributed by atoms with Crippen LogP contribution in [-0.4, -0.2) is 11.6 Å². The van der Waals surface area contributed by atoms with Crippen molar-refractivity contribution in [2.75, 3.05) is 0 Å². The van der Waals surface area contributed by atoms with E-state index in [2.05, 4.69) is 15.9 Å². The maximum atomic E-state index is 12.2. The Labute approximate surface area is 118 Å². The number of ketones is 2. The molecule has 0 amide bonds. The van der Waals surface area contributed by atoms with Crippen LogP contribution in [0.3, 0.4) is 0 Å². The number of carbonyl (C=O) groups is 2. The molecule has 0 saturated carbocycles. The van der Waals surface area contributed by atoms with Gasteiger partial charge in [0.15, 0.2) is 11.6 Å². The van der Waals surface area contributed by atoms with Crippen LogP contribution in [0.25, 0.3) is 6.08 Å². The standard InChI is InChI=1S/C16H9BrO2/c17-11-5-3-4-10(8-11)9-14-15(18)12-6-1-2-7-13(12)16(14)19/h1-9H. The van der Waals surface area contributed by atoms with E-state index >= 15 is 0 Å². The fourth-order valence-corrected chi connectivity index (χ4v) is 2.58. The highest BCUT2D eigenvalue weighted by molar-refractivity contribution is 9.10. The summed E-state index contributed by atoms with van der Waals surface area (Å²) in [6, 6.07) is 14.4. The maximum absolute atomic E-state index is 12.2. The largest absolute Gasteiger partial charge is 0.288 e. The molecule has 0 aromatic heterocycles. The zero-order valence-corrected chi connectivity index (χ0v) is 11.5. The Morgan fingerprint density at radius 3 is 2.05 bits per heavy atom. The third kappa shape index (κ3) is 2.06. The molecule has 19 heavy (non-hydrogen) atoms. The molecule has 3 rings (SSSR count). The van der Waals surface area contributed by atoms with Gasteiger partial charge in [0.2, 0.25) is 0 Å². The van der Waals surface area contributed by atoms with Crippen molar-refractivity contribution in [2.45, 2.75) is 0 Å². The number of carbonyl (C=O) groups excluding carboxylic acids is 2. The van der Waals surface area contributed by atoms with Crippen LogP contribution in [-0.2, 0) is 0 Å². The highest BCUT2D eigenvalue weighted by Crippen LogP contribution is 2.28. The number of hydrogen-bond donors (Lipinski definition) is 0. The molecule has 1 aliphatic rings. The maximum Gasteiger partial charge on any atom is 0.197 e. The highest BCUT2D eigenvalue weighted by Gasteiger charge is 2.32. The van der Waals surface area contributed by atoms with Crippen LogP contribution in [0.1, 0.15) is 26.3 Å². The Morgan fingerprint density at radius 2 is 1.47 bits per heavy atom. The predicted molar refractivity (Wildman–Crippen MR) is 77.2 cm³/mol. The molecule has 0 radical (unpaired) electrons. The predicted octanol–water partition coefficient (Wildman–Crippen LogP) is 3.91. The molecule has 92 valence electrons. The van der Waals surface area contributed by atoms with Crippen LogP contribution in [0.5, 0.6) is 0 Å². The number of benzene rings is 2. The summed E-state index contributed by atoms with van der Waals surface area (Å²) in [4.78, 5) is 24.4. The molecule has 3 heteroatoms. The summed E-state index contributed by atoms with van der Waals surface area (Å²) in [5.41, 5.74) is 2.06. The second-order valence-electron chi connectivity index (χ2n) is 4.32. The van der Waals surface area contributed by atoms with E-state index < -0.39 is 0 Å². The van der Waals surface area contributed by atoms with Gasteiger partial charge in [0.25, 0.3) is 0 Å². The molecule has 0 bridgehead atoms. The van der Waals surface area contributed by atoms with E-state index in [-0.39, 0.29) is 17.1 Å². The van der Waals surface area contributed by atoms with Gasteiger partial charge in [0, 0.05) is 15.6 Å². The van der Waals surface area contributed by atoms with Crippen LogP contribution in [0.15, 0.2) is 58.6 Å². The fourth-order valence-electron chi connectivity index (χ4n) is 2.17. The summed E-state index contributed by atoms with van der Waals surface area (Å²) in [7, 11) is 0. The molecule has 0 unspecified atom stereocenters. The molecule has 0 aliphatic heterocycles. The molecular formula is C16H9BrO2. The van der Waals surface area contributed by atoms with Crippen molar-refractivity contribution in [3.8, 4) is 0 Å². The molecule has 0 saturated heterocycles. The van der Waals surface area contributed by atoms with Crippen LogP contribution in [0, 0.1) is 0 Å². The lowest BCUT2D eigenvalue weighted by Gasteiger charge is -1.97. The van der Waals surface area contributed by atoms with Crippen LogP contribution in [0.2, 0.25) is 0 Å². The van der Waals surface area contributed by atoms with Crippen molar-refractivity contribution < 1.29 is 9.59 Å². The topological polar surface area (TPSA) is 34.1 Å². The zero-order valence-electron chi connectivity index (χ0n) is 9.89. The summed E-state index contributed by atoms with van der Waals surface area (Å²) in [6.45, 7) is 0. The molecule has 2 nitrogen and oxygen atoms in total. The molecule has 2 aromatic carbocycles. The van der Waals surface area contributed by atoms with Gasteiger partial charge in [-0.1, -0.05) is 52.3 Å². The van der Waals surface area contributed by atoms with Crippen LogP contribution in [0.4, 0.5) is 0 Å². The van der Waals surface area contributed by atoms with Gasteiger partial charge in [-0.3, -0.25) is 9.59 Å². The summed E-state index contributed by atoms with van der Waals surface area (Å²) in [6.07, 6.45) is 1.65. The normalized spacial score (nSPS) is 13.6. The Morgan fingerprint density at radius 1 is 0.842 bits per heavy atom. The molecule has 0 heterocycles. The van der Waals surface area contributed by atoms with Crippen molar-refractivity contribution in [3.63, 3.8) is 0 Å². The Kier molecular flexibility index (Phi) is 2.91. The molecule has 0 fully saturated rings. The van der Waals surface area contributed by atoms with E-state index in [9.17, 15) is 9.59 Å². The summed E-state index contributed by atoms with van der Waals surface area (Å²) >= 11 is 3.37. The van der Waals surface area contributed by atoms with E-state index in [0.717, 1.165) is 10.0 Å². The average molecular weight is 313 g/mol. The number of hydrogen-bond acceptors (Lipinski definition) is 2. The second-order valence-corrected chi connectivity index (χ2v) is 5.23. The van der Waals surface area contributed by atoms with E-state index in [1.165, 1.54) is 0 Å². The third-order valence-corrected chi connectivity index (χ3v) is 3.56. The molecule has 1 aliphatic carbocycles. The van der Waals surface area contributed by atoms with Gasteiger partial charge in [-0.05, 0) is 23.8 Å². The minimum absolute atomic E-state index is 0.194. The first-order chi connectivity index (χ1) is 9.16. The SMILES string of the molecule is O=C1C(=Cc2cccc(Br)c2)C(=O)c2ccccc21. The van der Waals surface area contributed by atoms with Gasteiger partial charge in [-0.2, -0.15) is 0 Å². The van der Waals surface area contributed by atoms with Crippen molar-refractivity contribution in [2.24, 2.45) is 0 Å². The number of halogens is 1. The highest BCUT2D eigenvalue weighted by atomic mass is 79.9. The quantitative estimate of drug-likeness (QED) is 0.591. The number of Topliss-reactive ketones (excluding diaryl/α,β-unsaturated/α-hetero) is 2. The Hall–Kier alpha value is -2.00. The second kappa shape index (κ2) is 4.59. The lowest BCUT2D eigenvalue weighted by atomic mass is 10.1. The lowest BCUT2D eigenvalue weighted by molar-refractivity contribution is 0.0990. The van der Waals surface area contributed by atoms with E-state index in [1.54, 1.807) is 30.3 Å².